The van der Waals surface area contributed by atoms with Crippen LogP contribution >= 0.6 is 0 Å². The average molecular weight is 284 g/mol. The van der Waals surface area contributed by atoms with Crippen LogP contribution in [0.3, 0.4) is 0 Å². The fraction of sp³-hybridized carbons (Fsp3) is 0.571. The molecule has 0 aliphatic carbocycles. The molecule has 1 aliphatic rings. The van der Waals surface area contributed by atoms with Gasteiger partial charge in [0.05, 0.1) is 6.10 Å². The van der Waals surface area contributed by atoms with Crippen molar-refractivity contribution in [2.24, 2.45) is 0 Å². The SMILES string of the molecule is C/C=C/C(=O)O[C@@H](/C=C/[C@@H](O)[C@@H]1CCC(=O)O1)[C@@H](C)O. The third-order valence-corrected chi connectivity index (χ3v) is 2.83. The number of carbonyl (C=O) groups is 2. The van der Waals surface area contributed by atoms with Crippen LogP contribution in [0, 0.1) is 0 Å². The van der Waals surface area contributed by atoms with Crippen molar-refractivity contribution in [1.29, 1.82) is 0 Å². The molecule has 0 aromatic rings. The molecule has 0 aromatic carbocycles. The first kappa shape index (κ1) is 16.4. The van der Waals surface area contributed by atoms with E-state index in [0.717, 1.165) is 0 Å². The molecule has 6 nitrogen and oxygen atoms in total. The first-order valence-corrected chi connectivity index (χ1v) is 6.51. The molecule has 6 heteroatoms. The van der Waals surface area contributed by atoms with Crippen molar-refractivity contribution in [3.8, 4) is 0 Å². The molecular weight excluding hydrogens is 264 g/mol. The van der Waals surface area contributed by atoms with Crippen LogP contribution in [0.15, 0.2) is 24.3 Å². The number of ether oxygens (including phenoxy) is 2. The summed E-state index contributed by atoms with van der Waals surface area (Å²) in [5.41, 5.74) is 0. The summed E-state index contributed by atoms with van der Waals surface area (Å²) in [6, 6.07) is 0. The number of hydrogen-bond acceptors (Lipinski definition) is 6. The third kappa shape index (κ3) is 5.14. The zero-order valence-electron chi connectivity index (χ0n) is 11.6. The van der Waals surface area contributed by atoms with E-state index in [1.54, 1.807) is 6.92 Å². The highest BCUT2D eigenvalue weighted by molar-refractivity contribution is 5.82. The van der Waals surface area contributed by atoms with E-state index in [9.17, 15) is 19.8 Å². The molecule has 0 spiro atoms. The second-order valence-electron chi connectivity index (χ2n) is 4.58. The van der Waals surface area contributed by atoms with E-state index in [4.69, 9.17) is 9.47 Å². The summed E-state index contributed by atoms with van der Waals surface area (Å²) in [4.78, 5) is 22.3. The van der Waals surface area contributed by atoms with Crippen LogP contribution in [0.25, 0.3) is 0 Å². The van der Waals surface area contributed by atoms with Crippen LogP contribution in [-0.4, -0.2) is 46.6 Å². The van der Waals surface area contributed by atoms with Gasteiger partial charge in [0.25, 0.3) is 0 Å². The topological polar surface area (TPSA) is 93.1 Å². The number of carbonyl (C=O) groups excluding carboxylic acids is 2. The molecule has 112 valence electrons. The normalized spacial score (nSPS) is 23.8. The molecule has 1 heterocycles. The van der Waals surface area contributed by atoms with Gasteiger partial charge in [-0.2, -0.15) is 0 Å². The summed E-state index contributed by atoms with van der Waals surface area (Å²) in [5.74, 6) is -0.918. The molecule has 4 atom stereocenters. The van der Waals surface area contributed by atoms with Crippen molar-refractivity contribution < 1.29 is 29.3 Å². The van der Waals surface area contributed by atoms with Crippen LogP contribution in [0.5, 0.6) is 0 Å². The Bertz CT molecular complexity index is 398. The summed E-state index contributed by atoms with van der Waals surface area (Å²) in [6.07, 6.45) is 2.89. The van der Waals surface area contributed by atoms with E-state index in [1.165, 1.54) is 31.2 Å². The monoisotopic (exact) mass is 284 g/mol. The molecule has 1 rings (SSSR count). The molecule has 0 saturated carbocycles. The largest absolute Gasteiger partial charge is 0.459 e. The van der Waals surface area contributed by atoms with Gasteiger partial charge < -0.3 is 19.7 Å². The smallest absolute Gasteiger partial charge is 0.331 e. The Kier molecular flexibility index (Phi) is 6.41. The van der Waals surface area contributed by atoms with Crippen LogP contribution in [0.4, 0.5) is 0 Å². The van der Waals surface area contributed by atoms with Crippen molar-refractivity contribution in [2.75, 3.05) is 0 Å². The summed E-state index contributed by atoms with van der Waals surface area (Å²) in [5, 5.41) is 19.4. The minimum absolute atomic E-state index is 0.283. The fourth-order valence-corrected chi connectivity index (χ4v) is 1.74. The first-order chi connectivity index (χ1) is 9.43. The molecule has 0 radical (unpaired) electrons. The zero-order chi connectivity index (χ0) is 15.1. The molecule has 0 unspecified atom stereocenters. The number of esters is 2. The maximum absolute atomic E-state index is 11.3. The molecule has 0 aromatic heterocycles. The highest BCUT2D eigenvalue weighted by Crippen LogP contribution is 2.18. The Morgan fingerprint density at radius 3 is 2.65 bits per heavy atom. The third-order valence-electron chi connectivity index (χ3n) is 2.83. The summed E-state index contributed by atoms with van der Waals surface area (Å²) >= 11 is 0. The minimum atomic E-state index is -0.983. The van der Waals surface area contributed by atoms with E-state index < -0.39 is 30.4 Å². The summed E-state index contributed by atoms with van der Waals surface area (Å²) < 4.78 is 9.92. The Hall–Kier alpha value is -1.66. The zero-order valence-corrected chi connectivity index (χ0v) is 11.6. The van der Waals surface area contributed by atoms with Gasteiger partial charge in [-0.05, 0) is 26.3 Å². The van der Waals surface area contributed by atoms with Crippen molar-refractivity contribution >= 4 is 11.9 Å². The van der Waals surface area contributed by atoms with Crippen LogP contribution < -0.4 is 0 Å². The number of cyclic esters (lactones) is 1. The van der Waals surface area contributed by atoms with E-state index in [1.807, 2.05) is 0 Å². The molecule has 20 heavy (non-hydrogen) atoms. The van der Waals surface area contributed by atoms with Crippen molar-refractivity contribution in [2.45, 2.75) is 51.1 Å². The number of allylic oxidation sites excluding steroid dienone is 1. The second-order valence-corrected chi connectivity index (χ2v) is 4.58. The van der Waals surface area contributed by atoms with Gasteiger partial charge in [0, 0.05) is 12.5 Å². The lowest BCUT2D eigenvalue weighted by molar-refractivity contribution is -0.145. The Morgan fingerprint density at radius 2 is 2.15 bits per heavy atom. The van der Waals surface area contributed by atoms with Gasteiger partial charge in [0.1, 0.15) is 18.3 Å². The van der Waals surface area contributed by atoms with Gasteiger partial charge >= 0.3 is 11.9 Å². The maximum atomic E-state index is 11.3. The fourth-order valence-electron chi connectivity index (χ4n) is 1.74. The second kappa shape index (κ2) is 7.81. The van der Waals surface area contributed by atoms with E-state index in [2.05, 4.69) is 0 Å². The van der Waals surface area contributed by atoms with E-state index >= 15 is 0 Å². The minimum Gasteiger partial charge on any atom is -0.459 e. The highest BCUT2D eigenvalue weighted by atomic mass is 16.6. The lowest BCUT2D eigenvalue weighted by Gasteiger charge is -2.18. The van der Waals surface area contributed by atoms with Gasteiger partial charge in [-0.1, -0.05) is 12.2 Å². The number of hydrogen-bond donors (Lipinski definition) is 2. The molecule has 1 aliphatic heterocycles. The van der Waals surface area contributed by atoms with Crippen LogP contribution in [0.1, 0.15) is 26.7 Å². The van der Waals surface area contributed by atoms with Gasteiger partial charge in [0.2, 0.25) is 0 Å². The van der Waals surface area contributed by atoms with E-state index in [-0.39, 0.29) is 12.4 Å². The summed E-state index contributed by atoms with van der Waals surface area (Å²) in [7, 11) is 0. The van der Waals surface area contributed by atoms with Gasteiger partial charge in [-0.3, -0.25) is 4.79 Å². The molecule has 1 saturated heterocycles. The molecule has 1 fully saturated rings. The van der Waals surface area contributed by atoms with E-state index in [0.29, 0.717) is 6.42 Å². The highest BCUT2D eigenvalue weighted by Gasteiger charge is 2.28. The van der Waals surface area contributed by atoms with Crippen molar-refractivity contribution in [3.05, 3.63) is 24.3 Å². The molecule has 0 amide bonds. The Labute approximate surface area is 117 Å². The first-order valence-electron chi connectivity index (χ1n) is 6.51. The number of aliphatic hydroxyl groups is 2. The van der Waals surface area contributed by atoms with Crippen molar-refractivity contribution in [1.82, 2.24) is 0 Å². The molecule has 0 bridgehead atoms. The predicted octanol–water partition coefficient (Wildman–Crippen LogP) is 0.478. The van der Waals surface area contributed by atoms with Crippen LogP contribution in [-0.2, 0) is 19.1 Å². The Balaban J connectivity index is 2.58. The molecule has 2 N–H and O–H groups in total. The lowest BCUT2D eigenvalue weighted by Crippen LogP contribution is -2.28. The average Bonchev–Trinajstić information content (AvgIpc) is 2.80. The standard InChI is InChI=1S/C14H20O6/c1-3-4-13(17)19-11(9(2)15)6-5-10(16)12-7-8-14(18)20-12/h3-6,9-12,15-16H,7-8H2,1-2H3/b4-3+,6-5+/t9-,10-,11+,12+/m1/s1. The molecular formula is C14H20O6. The van der Waals surface area contributed by atoms with Gasteiger partial charge in [0.15, 0.2) is 0 Å². The lowest BCUT2D eigenvalue weighted by atomic mass is 10.1. The quantitative estimate of drug-likeness (QED) is 0.418. The number of rotatable bonds is 6. The van der Waals surface area contributed by atoms with Gasteiger partial charge in [-0.25, -0.2) is 4.79 Å². The maximum Gasteiger partial charge on any atom is 0.331 e. The number of aliphatic hydroxyl groups excluding tert-OH is 2. The predicted molar refractivity (Wildman–Crippen MR) is 70.6 cm³/mol. The Morgan fingerprint density at radius 1 is 1.45 bits per heavy atom. The van der Waals surface area contributed by atoms with Gasteiger partial charge in [-0.15, -0.1) is 0 Å². The van der Waals surface area contributed by atoms with Crippen LogP contribution in [0.2, 0.25) is 0 Å². The summed E-state index contributed by atoms with van der Waals surface area (Å²) in [6.45, 7) is 3.15. The van der Waals surface area contributed by atoms with Crippen molar-refractivity contribution in [3.63, 3.8) is 0 Å².